The zero-order valence-corrected chi connectivity index (χ0v) is 22.7. The van der Waals surface area contributed by atoms with Crippen LogP contribution in [0.1, 0.15) is 49.7 Å². The van der Waals surface area contributed by atoms with Crippen molar-refractivity contribution in [2.45, 2.75) is 39.7 Å². The molecule has 2 aromatic carbocycles. The van der Waals surface area contributed by atoms with Gasteiger partial charge in [-0.3, -0.25) is 0 Å². The Hall–Kier alpha value is -3.85. The van der Waals surface area contributed by atoms with Gasteiger partial charge in [0.15, 0.2) is 5.69 Å². The summed E-state index contributed by atoms with van der Waals surface area (Å²) < 4.78 is 38.7. The number of ether oxygens (including phenoxy) is 2. The molecule has 0 aliphatic carbocycles. The summed E-state index contributed by atoms with van der Waals surface area (Å²) in [5.41, 5.74) is 3.23. The van der Waals surface area contributed by atoms with E-state index >= 15 is 0 Å². The Bertz CT molecular complexity index is 1320. The van der Waals surface area contributed by atoms with Crippen molar-refractivity contribution < 1.29 is 23.0 Å². The van der Waals surface area contributed by atoms with Gasteiger partial charge in [0.1, 0.15) is 17.5 Å². The Labute approximate surface area is 227 Å². The largest absolute Gasteiger partial charge is 0.461 e. The van der Waals surface area contributed by atoms with Gasteiger partial charge in [-0.05, 0) is 67.1 Å². The van der Waals surface area contributed by atoms with Crippen LogP contribution in [0.25, 0.3) is 11.1 Å². The number of hydrogen-bond donors (Lipinski definition) is 2. The molecular weight excluding hydrogens is 502 g/mol. The maximum absolute atomic E-state index is 14.0. The van der Waals surface area contributed by atoms with Crippen LogP contribution in [0.3, 0.4) is 0 Å². The van der Waals surface area contributed by atoms with Gasteiger partial charge < -0.3 is 25.1 Å². The van der Waals surface area contributed by atoms with E-state index < -0.39 is 17.6 Å². The summed E-state index contributed by atoms with van der Waals surface area (Å²) in [6, 6.07) is 12.9. The molecule has 2 heterocycles. The van der Waals surface area contributed by atoms with Crippen LogP contribution in [-0.2, 0) is 9.47 Å². The van der Waals surface area contributed by atoms with Crippen LogP contribution in [0.15, 0.2) is 48.5 Å². The van der Waals surface area contributed by atoms with Crippen LogP contribution >= 0.6 is 0 Å². The Balaban J connectivity index is 1.83. The zero-order valence-electron chi connectivity index (χ0n) is 22.7. The Morgan fingerprint density at radius 2 is 1.77 bits per heavy atom. The third-order valence-electron chi connectivity index (χ3n) is 6.80. The van der Waals surface area contributed by atoms with E-state index in [1.165, 1.54) is 0 Å². The van der Waals surface area contributed by atoms with Crippen molar-refractivity contribution in [3.8, 4) is 11.1 Å². The summed E-state index contributed by atoms with van der Waals surface area (Å²) in [6.07, 6.45) is 1.91. The predicted molar refractivity (Wildman–Crippen MR) is 149 cm³/mol. The lowest BCUT2D eigenvalue weighted by Gasteiger charge is -2.33. The number of halogens is 2. The quantitative estimate of drug-likeness (QED) is 0.237. The topological polar surface area (TPSA) is 87.5 Å². The highest BCUT2D eigenvalue weighted by Gasteiger charge is 2.24. The highest BCUT2D eigenvalue weighted by atomic mass is 19.1. The van der Waals surface area contributed by atoms with Gasteiger partial charge in [0, 0.05) is 55.0 Å². The predicted octanol–water partition coefficient (Wildman–Crippen LogP) is 6.59. The molecule has 0 radical (unpaired) electrons. The van der Waals surface area contributed by atoms with Gasteiger partial charge in [0.25, 0.3) is 0 Å². The Kier molecular flexibility index (Phi) is 8.91. The summed E-state index contributed by atoms with van der Waals surface area (Å²) in [4.78, 5) is 19.5. The number of carbonyl (C=O) groups excluding carboxylic acids is 1. The molecule has 206 valence electrons. The first kappa shape index (κ1) is 28.2. The normalized spacial score (nSPS) is 13.8. The fourth-order valence-electron chi connectivity index (χ4n) is 4.66. The molecule has 2 N–H and O–H groups in total. The zero-order chi connectivity index (χ0) is 28.1. The molecule has 0 bridgehead atoms. The van der Waals surface area contributed by atoms with E-state index in [0.717, 1.165) is 55.5 Å². The van der Waals surface area contributed by atoms with E-state index in [1.807, 2.05) is 38.1 Å². The maximum atomic E-state index is 14.0. The molecule has 0 atom stereocenters. The average molecular weight is 537 g/mol. The van der Waals surface area contributed by atoms with Crippen molar-refractivity contribution in [1.82, 2.24) is 4.98 Å². The van der Waals surface area contributed by atoms with Crippen molar-refractivity contribution in [3.05, 3.63) is 71.4 Å². The minimum atomic E-state index is -0.760. The monoisotopic (exact) mass is 536 g/mol. The minimum Gasteiger partial charge on any atom is -0.461 e. The summed E-state index contributed by atoms with van der Waals surface area (Å²) in [5.74, 6) is -2.20. The molecule has 1 fully saturated rings. The van der Waals surface area contributed by atoms with Gasteiger partial charge in [-0.15, -0.1) is 0 Å². The van der Waals surface area contributed by atoms with Crippen LogP contribution in [0.4, 0.5) is 26.0 Å². The lowest BCUT2D eigenvalue weighted by atomic mass is 9.91. The van der Waals surface area contributed by atoms with Crippen molar-refractivity contribution >= 4 is 28.9 Å². The number of benzene rings is 2. The number of anilines is 3. The van der Waals surface area contributed by atoms with Crippen LogP contribution < -0.4 is 10.2 Å². The molecule has 3 aromatic rings. The molecule has 9 heteroatoms. The fourth-order valence-corrected chi connectivity index (χ4v) is 4.66. The fraction of sp³-hybridized carbons (Fsp3) is 0.367. The molecule has 4 rings (SSSR count). The highest BCUT2D eigenvalue weighted by molar-refractivity contribution is 6.10. The molecule has 1 saturated heterocycles. The van der Waals surface area contributed by atoms with Gasteiger partial charge in [0.2, 0.25) is 0 Å². The summed E-state index contributed by atoms with van der Waals surface area (Å²) in [5, 5.41) is 11.9. The Morgan fingerprint density at radius 1 is 1.13 bits per heavy atom. The first-order valence-electron chi connectivity index (χ1n) is 13.1. The molecule has 7 nitrogen and oxygen atoms in total. The van der Waals surface area contributed by atoms with E-state index in [-0.39, 0.29) is 35.4 Å². The van der Waals surface area contributed by atoms with Gasteiger partial charge >= 0.3 is 5.97 Å². The van der Waals surface area contributed by atoms with Gasteiger partial charge in [-0.2, -0.15) is 0 Å². The lowest BCUT2D eigenvalue weighted by Crippen LogP contribution is -2.36. The number of aromatic nitrogens is 1. The molecule has 0 unspecified atom stereocenters. The van der Waals surface area contributed by atoms with Crippen LogP contribution in [0.2, 0.25) is 0 Å². The standard InChI is InChI=1S/C30H34F2N4O3/c1-5-39-30(37)26-17-25(19-6-8-23(9-7-19)36(4)24-10-12-38-13-11-24)27(28(33)18(2)3)29(35-26)34-22-15-20(31)14-21(32)16-22/h6-9,14-18,24,33H,5,10-13H2,1-4H3,(H,34,35). The second kappa shape index (κ2) is 12.3. The summed E-state index contributed by atoms with van der Waals surface area (Å²) >= 11 is 0. The van der Waals surface area contributed by atoms with E-state index in [4.69, 9.17) is 14.9 Å². The minimum absolute atomic E-state index is 0.0231. The average Bonchev–Trinajstić information content (AvgIpc) is 2.92. The molecular formula is C30H34F2N4O3. The van der Waals surface area contributed by atoms with Gasteiger partial charge in [0.05, 0.1) is 6.61 Å². The van der Waals surface area contributed by atoms with Crippen molar-refractivity contribution in [2.75, 3.05) is 37.1 Å². The SMILES string of the molecule is CCOC(=O)c1cc(-c2ccc(N(C)C3CCOCC3)cc2)c(C(=N)C(C)C)c(Nc2cc(F)cc(F)c2)n1. The van der Waals surface area contributed by atoms with E-state index in [2.05, 4.69) is 22.2 Å². The van der Waals surface area contributed by atoms with Crippen molar-refractivity contribution in [3.63, 3.8) is 0 Å². The third-order valence-corrected chi connectivity index (χ3v) is 6.80. The van der Waals surface area contributed by atoms with Gasteiger partial charge in [-0.25, -0.2) is 18.6 Å². The second-order valence-electron chi connectivity index (χ2n) is 9.85. The van der Waals surface area contributed by atoms with Crippen LogP contribution in [-0.4, -0.2) is 49.6 Å². The smallest absolute Gasteiger partial charge is 0.357 e. The van der Waals surface area contributed by atoms with E-state index in [1.54, 1.807) is 13.0 Å². The van der Waals surface area contributed by atoms with E-state index in [9.17, 15) is 13.6 Å². The summed E-state index contributed by atoms with van der Waals surface area (Å²) in [6.45, 7) is 7.10. The lowest BCUT2D eigenvalue weighted by molar-refractivity contribution is 0.0519. The number of rotatable bonds is 9. The number of hydrogen-bond acceptors (Lipinski definition) is 7. The van der Waals surface area contributed by atoms with Crippen molar-refractivity contribution in [2.24, 2.45) is 5.92 Å². The van der Waals surface area contributed by atoms with Crippen molar-refractivity contribution in [1.29, 1.82) is 5.41 Å². The molecule has 1 aliphatic rings. The first-order valence-corrected chi connectivity index (χ1v) is 13.1. The highest BCUT2D eigenvalue weighted by Crippen LogP contribution is 2.35. The number of pyridine rings is 1. The number of esters is 1. The molecule has 1 aromatic heterocycles. The molecule has 0 spiro atoms. The molecule has 0 saturated carbocycles. The van der Waals surface area contributed by atoms with Crippen LogP contribution in [0, 0.1) is 23.0 Å². The second-order valence-corrected chi connectivity index (χ2v) is 9.85. The number of nitrogens with zero attached hydrogens (tertiary/aromatic N) is 2. The van der Waals surface area contributed by atoms with E-state index in [0.29, 0.717) is 17.2 Å². The number of carbonyl (C=O) groups is 1. The maximum Gasteiger partial charge on any atom is 0.357 e. The van der Waals surface area contributed by atoms with Gasteiger partial charge in [-0.1, -0.05) is 26.0 Å². The summed E-state index contributed by atoms with van der Waals surface area (Å²) in [7, 11) is 2.07. The molecule has 39 heavy (non-hydrogen) atoms. The number of nitrogens with one attached hydrogen (secondary N) is 2. The molecule has 1 aliphatic heterocycles. The third kappa shape index (κ3) is 6.60. The Morgan fingerprint density at radius 3 is 2.36 bits per heavy atom. The van der Waals surface area contributed by atoms with Crippen LogP contribution in [0.5, 0.6) is 0 Å². The first-order chi connectivity index (χ1) is 18.7. The molecule has 0 amide bonds.